The van der Waals surface area contributed by atoms with Crippen LogP contribution in [0.4, 0.5) is 13.2 Å². The van der Waals surface area contributed by atoms with Gasteiger partial charge in [0.05, 0.1) is 0 Å². The first kappa shape index (κ1) is 14.8. The molecule has 0 aromatic heterocycles. The third kappa shape index (κ3) is 5.88. The van der Waals surface area contributed by atoms with Gasteiger partial charge in [0.15, 0.2) is 0 Å². The van der Waals surface area contributed by atoms with Crippen LogP contribution >= 0.6 is 0 Å². The number of aliphatic hydroxyl groups is 1. The van der Waals surface area contributed by atoms with E-state index < -0.39 is 6.36 Å². The summed E-state index contributed by atoms with van der Waals surface area (Å²) in [5.41, 5.74) is 0.457. The molecule has 0 fully saturated rings. The molecule has 3 nitrogen and oxygen atoms in total. The lowest BCUT2D eigenvalue weighted by atomic mass is 10.2. The van der Waals surface area contributed by atoms with Crippen LogP contribution < -0.4 is 10.1 Å². The molecule has 0 radical (unpaired) electrons. The molecule has 0 aliphatic rings. The number of hydrogen-bond acceptors (Lipinski definition) is 3. The van der Waals surface area contributed by atoms with Gasteiger partial charge in [-0.15, -0.1) is 13.2 Å². The Morgan fingerprint density at radius 3 is 2.56 bits per heavy atom. The topological polar surface area (TPSA) is 41.5 Å². The summed E-state index contributed by atoms with van der Waals surface area (Å²) in [6.07, 6.45) is -3.22. The number of nitrogens with one attached hydrogen (secondary N) is 1. The highest BCUT2D eigenvalue weighted by molar-refractivity contribution is 5.33. The maximum atomic E-state index is 12.1. The first-order valence-corrected chi connectivity index (χ1v) is 5.68. The molecule has 102 valence electrons. The number of alkyl halides is 3. The number of para-hydroxylation sites is 1. The quantitative estimate of drug-likeness (QED) is 0.742. The zero-order chi connectivity index (χ0) is 13.4. The van der Waals surface area contributed by atoms with E-state index in [1.54, 1.807) is 12.1 Å². The Morgan fingerprint density at radius 1 is 1.17 bits per heavy atom. The predicted molar refractivity (Wildman–Crippen MR) is 61.2 cm³/mol. The second-order valence-corrected chi connectivity index (χ2v) is 3.76. The zero-order valence-corrected chi connectivity index (χ0v) is 9.83. The van der Waals surface area contributed by atoms with Gasteiger partial charge in [-0.2, -0.15) is 0 Å². The van der Waals surface area contributed by atoms with Gasteiger partial charge in [0.25, 0.3) is 0 Å². The Hall–Kier alpha value is -1.27. The monoisotopic (exact) mass is 263 g/mol. The standard InChI is InChI=1S/C12H16F3NO2/c13-12(14,15)18-11-6-2-1-5-10(11)9-16-7-3-4-8-17/h1-2,5-6,16-17H,3-4,7-9H2. The molecular formula is C12H16F3NO2. The Bertz CT molecular complexity index is 355. The minimum absolute atomic E-state index is 0.120. The van der Waals surface area contributed by atoms with Crippen molar-refractivity contribution in [1.29, 1.82) is 0 Å². The third-order valence-electron chi connectivity index (χ3n) is 2.28. The van der Waals surface area contributed by atoms with E-state index in [1.807, 2.05) is 0 Å². The van der Waals surface area contributed by atoms with Crippen LogP contribution in [-0.2, 0) is 6.54 Å². The number of ether oxygens (including phenoxy) is 1. The summed E-state index contributed by atoms with van der Waals surface area (Å²) in [4.78, 5) is 0. The summed E-state index contributed by atoms with van der Waals surface area (Å²) in [5.74, 6) is -0.181. The molecule has 0 unspecified atom stereocenters. The highest BCUT2D eigenvalue weighted by Gasteiger charge is 2.31. The maximum absolute atomic E-state index is 12.1. The van der Waals surface area contributed by atoms with Crippen molar-refractivity contribution in [2.75, 3.05) is 13.2 Å². The summed E-state index contributed by atoms with van der Waals surface area (Å²) in [5, 5.41) is 11.6. The maximum Gasteiger partial charge on any atom is 0.573 e. The molecule has 2 N–H and O–H groups in total. The van der Waals surface area contributed by atoms with Crippen LogP contribution in [-0.4, -0.2) is 24.6 Å². The van der Waals surface area contributed by atoms with Crippen LogP contribution in [0.25, 0.3) is 0 Å². The van der Waals surface area contributed by atoms with E-state index in [0.29, 0.717) is 25.1 Å². The molecule has 0 atom stereocenters. The molecule has 6 heteroatoms. The van der Waals surface area contributed by atoms with Crippen LogP contribution in [0.2, 0.25) is 0 Å². The van der Waals surface area contributed by atoms with Gasteiger partial charge in [-0.3, -0.25) is 0 Å². The molecular weight excluding hydrogens is 247 g/mol. The van der Waals surface area contributed by atoms with E-state index in [0.717, 1.165) is 6.42 Å². The van der Waals surface area contributed by atoms with Crippen molar-refractivity contribution < 1.29 is 23.0 Å². The highest BCUT2D eigenvalue weighted by Crippen LogP contribution is 2.25. The molecule has 0 saturated heterocycles. The second-order valence-electron chi connectivity index (χ2n) is 3.76. The molecule has 0 saturated carbocycles. The molecule has 1 aromatic rings. The fourth-order valence-corrected chi connectivity index (χ4v) is 1.46. The van der Waals surface area contributed by atoms with Gasteiger partial charge in [-0.25, -0.2) is 0 Å². The first-order chi connectivity index (χ1) is 8.53. The van der Waals surface area contributed by atoms with Crippen molar-refractivity contribution in [2.24, 2.45) is 0 Å². The van der Waals surface area contributed by atoms with Crippen LogP contribution in [0, 0.1) is 0 Å². The van der Waals surface area contributed by atoms with E-state index in [-0.39, 0.29) is 12.4 Å². The first-order valence-electron chi connectivity index (χ1n) is 5.68. The second kappa shape index (κ2) is 7.23. The molecule has 0 aliphatic carbocycles. The number of rotatable bonds is 7. The van der Waals surface area contributed by atoms with E-state index in [2.05, 4.69) is 10.1 Å². The lowest BCUT2D eigenvalue weighted by Crippen LogP contribution is -2.20. The van der Waals surface area contributed by atoms with Crippen molar-refractivity contribution in [3.63, 3.8) is 0 Å². The van der Waals surface area contributed by atoms with Gasteiger partial charge < -0.3 is 15.2 Å². The number of unbranched alkanes of at least 4 members (excludes halogenated alkanes) is 1. The Balaban J connectivity index is 2.49. The van der Waals surface area contributed by atoms with Crippen molar-refractivity contribution in [2.45, 2.75) is 25.7 Å². The van der Waals surface area contributed by atoms with Gasteiger partial charge in [0.2, 0.25) is 0 Å². The van der Waals surface area contributed by atoms with E-state index in [9.17, 15) is 13.2 Å². The van der Waals surface area contributed by atoms with Crippen molar-refractivity contribution in [3.05, 3.63) is 29.8 Å². The average Bonchev–Trinajstić information content (AvgIpc) is 2.29. The lowest BCUT2D eigenvalue weighted by Gasteiger charge is -2.13. The molecule has 1 rings (SSSR count). The Labute approximate surface area is 104 Å². The minimum atomic E-state index is -4.67. The third-order valence-corrected chi connectivity index (χ3v) is 2.28. The van der Waals surface area contributed by atoms with Gasteiger partial charge in [-0.05, 0) is 25.5 Å². The van der Waals surface area contributed by atoms with E-state index in [4.69, 9.17) is 5.11 Å². The summed E-state index contributed by atoms with van der Waals surface area (Å²) in [7, 11) is 0. The van der Waals surface area contributed by atoms with E-state index >= 15 is 0 Å². The highest BCUT2D eigenvalue weighted by atomic mass is 19.4. The summed E-state index contributed by atoms with van der Waals surface area (Å²) < 4.78 is 40.4. The smallest absolute Gasteiger partial charge is 0.405 e. The minimum Gasteiger partial charge on any atom is -0.405 e. The molecule has 0 spiro atoms. The van der Waals surface area contributed by atoms with Crippen molar-refractivity contribution >= 4 is 0 Å². The van der Waals surface area contributed by atoms with Gasteiger partial charge in [0, 0.05) is 18.7 Å². The van der Waals surface area contributed by atoms with Crippen molar-refractivity contribution in [3.8, 4) is 5.75 Å². The molecule has 0 aliphatic heterocycles. The fourth-order valence-electron chi connectivity index (χ4n) is 1.46. The number of halogens is 3. The van der Waals surface area contributed by atoms with Crippen LogP contribution in [0.1, 0.15) is 18.4 Å². The molecule has 0 heterocycles. The number of aliphatic hydroxyl groups excluding tert-OH is 1. The summed E-state index contributed by atoms with van der Waals surface area (Å²) in [6, 6.07) is 6.03. The number of benzene rings is 1. The van der Waals surface area contributed by atoms with Crippen LogP contribution in [0.5, 0.6) is 5.75 Å². The molecule has 0 bridgehead atoms. The Morgan fingerprint density at radius 2 is 1.89 bits per heavy atom. The SMILES string of the molecule is OCCCCNCc1ccccc1OC(F)(F)F. The molecule has 1 aromatic carbocycles. The van der Waals surface area contributed by atoms with Gasteiger partial charge in [0.1, 0.15) is 5.75 Å². The van der Waals surface area contributed by atoms with Crippen LogP contribution in [0.15, 0.2) is 24.3 Å². The largest absolute Gasteiger partial charge is 0.573 e. The van der Waals surface area contributed by atoms with Crippen LogP contribution in [0.3, 0.4) is 0 Å². The molecule has 18 heavy (non-hydrogen) atoms. The number of hydrogen-bond donors (Lipinski definition) is 2. The summed E-state index contributed by atoms with van der Waals surface area (Å²) >= 11 is 0. The predicted octanol–water partition coefficient (Wildman–Crippen LogP) is 2.45. The van der Waals surface area contributed by atoms with Gasteiger partial charge in [-0.1, -0.05) is 18.2 Å². The lowest BCUT2D eigenvalue weighted by molar-refractivity contribution is -0.274. The average molecular weight is 263 g/mol. The zero-order valence-electron chi connectivity index (χ0n) is 9.83. The van der Waals surface area contributed by atoms with E-state index in [1.165, 1.54) is 12.1 Å². The van der Waals surface area contributed by atoms with Crippen molar-refractivity contribution in [1.82, 2.24) is 5.32 Å². The molecule has 0 amide bonds. The van der Waals surface area contributed by atoms with Gasteiger partial charge >= 0.3 is 6.36 Å². The Kier molecular flexibility index (Phi) is 5.94. The summed E-state index contributed by atoms with van der Waals surface area (Å²) in [6.45, 7) is 1.06. The normalized spacial score (nSPS) is 11.6. The fraction of sp³-hybridized carbons (Fsp3) is 0.500.